The minimum absolute atomic E-state index is 0.0310. The molecule has 0 saturated heterocycles. The molecule has 0 radical (unpaired) electrons. The van der Waals surface area contributed by atoms with E-state index < -0.39 is 0 Å². The Labute approximate surface area is 90.2 Å². The van der Waals surface area contributed by atoms with Crippen molar-refractivity contribution < 1.29 is 4.79 Å². The predicted octanol–water partition coefficient (Wildman–Crippen LogP) is 1.88. The van der Waals surface area contributed by atoms with Gasteiger partial charge in [0.05, 0.1) is 0 Å². The average Bonchev–Trinajstić information content (AvgIpc) is 2.27. The second kappa shape index (κ2) is 5.96. The van der Waals surface area contributed by atoms with Crippen LogP contribution < -0.4 is 5.32 Å². The quantitative estimate of drug-likeness (QED) is 0.747. The molecule has 0 unspecified atom stereocenters. The summed E-state index contributed by atoms with van der Waals surface area (Å²) in [5.74, 6) is -0.0310. The van der Waals surface area contributed by atoms with Crippen molar-refractivity contribution in [2.45, 2.75) is 13.8 Å². The van der Waals surface area contributed by atoms with E-state index in [2.05, 4.69) is 10.3 Å². The van der Waals surface area contributed by atoms with E-state index in [9.17, 15) is 4.79 Å². The lowest BCUT2D eigenvalue weighted by molar-refractivity contribution is 0.0956. The number of rotatable bonds is 4. The molecule has 1 N–H and O–H groups in total. The molecule has 0 fully saturated rings. The van der Waals surface area contributed by atoms with Gasteiger partial charge >= 0.3 is 0 Å². The molecule has 0 atom stereocenters. The zero-order chi connectivity index (χ0) is 11.1. The van der Waals surface area contributed by atoms with Crippen LogP contribution in [0, 0.1) is 0 Å². The van der Waals surface area contributed by atoms with Crippen LogP contribution >= 0.6 is 0 Å². The Morgan fingerprint density at radius 1 is 1.33 bits per heavy atom. The minimum Gasteiger partial charge on any atom is -0.352 e. The van der Waals surface area contributed by atoms with Crippen LogP contribution in [0.1, 0.15) is 29.8 Å². The first kappa shape index (κ1) is 11.4. The van der Waals surface area contributed by atoms with E-state index in [-0.39, 0.29) is 5.91 Å². The van der Waals surface area contributed by atoms with Crippen LogP contribution in [0.5, 0.6) is 0 Å². The van der Waals surface area contributed by atoms with Gasteiger partial charge in [0.25, 0.3) is 5.91 Å². The van der Waals surface area contributed by atoms with Crippen molar-refractivity contribution in [3.63, 3.8) is 0 Å². The standard InChI is InChI=1S/C12H16N2O/c1-3-13-9-10-5-7-11(8-6-10)12(15)14-4-2/h5-9H,3-4H2,1-2H3,(H,14,15)/b13-9-. The summed E-state index contributed by atoms with van der Waals surface area (Å²) in [5.41, 5.74) is 1.70. The third kappa shape index (κ3) is 3.54. The summed E-state index contributed by atoms with van der Waals surface area (Å²) in [6, 6.07) is 7.40. The lowest BCUT2D eigenvalue weighted by atomic mass is 10.1. The van der Waals surface area contributed by atoms with Gasteiger partial charge in [-0.2, -0.15) is 0 Å². The summed E-state index contributed by atoms with van der Waals surface area (Å²) in [5, 5.41) is 2.75. The molecule has 0 aromatic heterocycles. The first-order valence-electron chi connectivity index (χ1n) is 5.16. The maximum atomic E-state index is 11.4. The highest BCUT2D eigenvalue weighted by Gasteiger charge is 2.01. The molecule has 3 heteroatoms. The van der Waals surface area contributed by atoms with Crippen molar-refractivity contribution in [1.82, 2.24) is 5.32 Å². The molecule has 0 aliphatic rings. The number of nitrogens with one attached hydrogen (secondary N) is 1. The lowest BCUT2D eigenvalue weighted by Gasteiger charge is -2.01. The molecule has 0 saturated carbocycles. The van der Waals surface area contributed by atoms with Crippen molar-refractivity contribution in [3.8, 4) is 0 Å². The Morgan fingerprint density at radius 3 is 2.53 bits per heavy atom. The van der Waals surface area contributed by atoms with Crippen LogP contribution in [0.15, 0.2) is 29.3 Å². The molecular weight excluding hydrogens is 188 g/mol. The molecule has 1 amide bonds. The molecule has 0 heterocycles. The Morgan fingerprint density at radius 2 is 2.00 bits per heavy atom. The number of carbonyl (C=O) groups is 1. The highest BCUT2D eigenvalue weighted by atomic mass is 16.1. The third-order valence-electron chi connectivity index (χ3n) is 1.93. The van der Waals surface area contributed by atoms with Gasteiger partial charge in [-0.05, 0) is 31.5 Å². The van der Waals surface area contributed by atoms with Crippen LogP contribution in [0.3, 0.4) is 0 Å². The van der Waals surface area contributed by atoms with Gasteiger partial charge in [0.2, 0.25) is 0 Å². The number of aliphatic imine (C=N–C) groups is 1. The van der Waals surface area contributed by atoms with E-state index in [1.54, 1.807) is 0 Å². The highest BCUT2D eigenvalue weighted by molar-refractivity contribution is 5.94. The number of benzene rings is 1. The molecule has 1 aromatic rings. The van der Waals surface area contributed by atoms with Gasteiger partial charge in [0.15, 0.2) is 0 Å². The van der Waals surface area contributed by atoms with Gasteiger partial charge in [-0.1, -0.05) is 12.1 Å². The summed E-state index contributed by atoms with van der Waals surface area (Å²) in [7, 11) is 0. The normalized spacial score (nSPS) is 10.5. The highest BCUT2D eigenvalue weighted by Crippen LogP contribution is 2.02. The molecule has 80 valence electrons. The summed E-state index contributed by atoms with van der Waals surface area (Å²) < 4.78 is 0. The van der Waals surface area contributed by atoms with Crippen LogP contribution in [0.25, 0.3) is 0 Å². The number of nitrogens with zero attached hydrogens (tertiary/aromatic N) is 1. The van der Waals surface area contributed by atoms with Gasteiger partial charge in [0, 0.05) is 24.9 Å². The van der Waals surface area contributed by atoms with E-state index in [0.717, 1.165) is 12.1 Å². The second-order valence-electron chi connectivity index (χ2n) is 3.11. The SMILES string of the molecule is CC/N=C\c1ccc(C(=O)NCC)cc1. The van der Waals surface area contributed by atoms with Crippen molar-refractivity contribution in [3.05, 3.63) is 35.4 Å². The maximum absolute atomic E-state index is 11.4. The number of amides is 1. The monoisotopic (exact) mass is 204 g/mol. The van der Waals surface area contributed by atoms with Crippen molar-refractivity contribution in [1.29, 1.82) is 0 Å². The fourth-order valence-corrected chi connectivity index (χ4v) is 1.18. The molecule has 0 spiro atoms. The summed E-state index contributed by atoms with van der Waals surface area (Å²) in [4.78, 5) is 15.6. The summed E-state index contributed by atoms with van der Waals surface area (Å²) in [6.45, 7) is 5.32. The van der Waals surface area contributed by atoms with E-state index in [1.807, 2.05) is 44.3 Å². The molecule has 15 heavy (non-hydrogen) atoms. The largest absolute Gasteiger partial charge is 0.352 e. The van der Waals surface area contributed by atoms with Gasteiger partial charge < -0.3 is 5.32 Å². The Balaban J connectivity index is 2.71. The Hall–Kier alpha value is -1.64. The van der Waals surface area contributed by atoms with Crippen LogP contribution in [-0.4, -0.2) is 25.2 Å². The molecule has 1 aromatic carbocycles. The fourth-order valence-electron chi connectivity index (χ4n) is 1.18. The van der Waals surface area contributed by atoms with Gasteiger partial charge in [-0.3, -0.25) is 9.79 Å². The predicted molar refractivity (Wildman–Crippen MR) is 62.6 cm³/mol. The van der Waals surface area contributed by atoms with Crippen molar-refractivity contribution in [2.24, 2.45) is 4.99 Å². The zero-order valence-corrected chi connectivity index (χ0v) is 9.16. The molecule has 0 aliphatic heterocycles. The molecule has 0 bridgehead atoms. The van der Waals surface area contributed by atoms with E-state index in [4.69, 9.17) is 0 Å². The van der Waals surface area contributed by atoms with Crippen LogP contribution in [-0.2, 0) is 0 Å². The second-order valence-corrected chi connectivity index (χ2v) is 3.11. The first-order valence-corrected chi connectivity index (χ1v) is 5.16. The minimum atomic E-state index is -0.0310. The average molecular weight is 204 g/mol. The third-order valence-corrected chi connectivity index (χ3v) is 1.93. The fraction of sp³-hybridized carbons (Fsp3) is 0.333. The Kier molecular flexibility index (Phi) is 4.54. The van der Waals surface area contributed by atoms with E-state index in [1.165, 1.54) is 0 Å². The smallest absolute Gasteiger partial charge is 0.251 e. The summed E-state index contributed by atoms with van der Waals surface area (Å²) >= 11 is 0. The number of hydrogen-bond donors (Lipinski definition) is 1. The van der Waals surface area contributed by atoms with Gasteiger partial charge in [-0.15, -0.1) is 0 Å². The van der Waals surface area contributed by atoms with Crippen LogP contribution in [0.4, 0.5) is 0 Å². The number of hydrogen-bond acceptors (Lipinski definition) is 2. The topological polar surface area (TPSA) is 41.5 Å². The van der Waals surface area contributed by atoms with Gasteiger partial charge in [-0.25, -0.2) is 0 Å². The maximum Gasteiger partial charge on any atom is 0.251 e. The molecule has 3 nitrogen and oxygen atoms in total. The van der Waals surface area contributed by atoms with E-state index in [0.29, 0.717) is 12.1 Å². The Bertz CT molecular complexity index is 341. The summed E-state index contributed by atoms with van der Waals surface area (Å²) in [6.07, 6.45) is 1.81. The van der Waals surface area contributed by atoms with E-state index >= 15 is 0 Å². The zero-order valence-electron chi connectivity index (χ0n) is 9.16. The van der Waals surface area contributed by atoms with Crippen LogP contribution in [0.2, 0.25) is 0 Å². The van der Waals surface area contributed by atoms with Crippen molar-refractivity contribution in [2.75, 3.05) is 13.1 Å². The first-order chi connectivity index (χ1) is 7.27. The van der Waals surface area contributed by atoms with Gasteiger partial charge in [0.1, 0.15) is 0 Å². The van der Waals surface area contributed by atoms with Crippen molar-refractivity contribution >= 4 is 12.1 Å². The molecule has 0 aliphatic carbocycles. The molecule has 1 rings (SSSR count). The number of carbonyl (C=O) groups excluding carboxylic acids is 1. The molecular formula is C12H16N2O. The lowest BCUT2D eigenvalue weighted by Crippen LogP contribution is -2.22.